The van der Waals surface area contributed by atoms with Gasteiger partial charge in [-0.05, 0) is 31.7 Å². The van der Waals surface area contributed by atoms with E-state index in [9.17, 15) is 19.7 Å². The van der Waals surface area contributed by atoms with Crippen LogP contribution in [0.3, 0.4) is 0 Å². The molecule has 2 aliphatic rings. The Hall–Kier alpha value is -2.64. The summed E-state index contributed by atoms with van der Waals surface area (Å²) in [5.74, 6) is 0.468. The minimum absolute atomic E-state index is 0.0699. The summed E-state index contributed by atoms with van der Waals surface area (Å²) < 4.78 is 5.42. The smallest absolute Gasteiger partial charge is 0.273 e. The topological polar surface area (TPSA) is 102 Å². The number of nitrogens with zero attached hydrogens (tertiary/aromatic N) is 2. The number of piperidine rings is 1. The van der Waals surface area contributed by atoms with Gasteiger partial charge in [-0.1, -0.05) is 25.3 Å². The van der Waals surface area contributed by atoms with Crippen molar-refractivity contribution in [2.24, 2.45) is 5.92 Å². The number of nitrogens with one attached hydrogen (secondary N) is 1. The molecule has 0 aromatic heterocycles. The molecule has 152 valence electrons. The Balaban J connectivity index is 1.40. The Morgan fingerprint density at radius 1 is 1.14 bits per heavy atom. The molecule has 28 heavy (non-hydrogen) atoms. The van der Waals surface area contributed by atoms with Crippen LogP contribution in [-0.2, 0) is 9.59 Å². The molecule has 1 aliphatic carbocycles. The Morgan fingerprint density at radius 3 is 2.54 bits per heavy atom. The number of amides is 2. The van der Waals surface area contributed by atoms with E-state index in [-0.39, 0.29) is 36.1 Å². The number of hydrogen-bond donors (Lipinski definition) is 1. The fourth-order valence-electron chi connectivity index (χ4n) is 3.88. The molecule has 1 saturated heterocycles. The van der Waals surface area contributed by atoms with Gasteiger partial charge in [-0.3, -0.25) is 19.7 Å². The molecule has 0 unspecified atom stereocenters. The summed E-state index contributed by atoms with van der Waals surface area (Å²) in [5.41, 5.74) is -0.0699. The molecule has 8 nitrogen and oxygen atoms in total. The maximum absolute atomic E-state index is 12.4. The van der Waals surface area contributed by atoms with E-state index in [0.29, 0.717) is 18.8 Å². The number of rotatable bonds is 6. The van der Waals surface area contributed by atoms with Gasteiger partial charge in [0.25, 0.3) is 11.6 Å². The van der Waals surface area contributed by atoms with Crippen molar-refractivity contribution in [3.05, 3.63) is 34.4 Å². The van der Waals surface area contributed by atoms with E-state index in [1.165, 1.54) is 24.6 Å². The SMILES string of the molecule is O=C(NC1CCN(C(=O)COc2cccc([N+](=O)[O-])c2)CC1)C1CCCCC1. The van der Waals surface area contributed by atoms with Crippen molar-refractivity contribution < 1.29 is 19.2 Å². The summed E-state index contributed by atoms with van der Waals surface area (Å²) in [6.45, 7) is 1.000. The van der Waals surface area contributed by atoms with Crippen molar-refractivity contribution in [2.45, 2.75) is 51.0 Å². The zero-order valence-electron chi connectivity index (χ0n) is 16.0. The maximum atomic E-state index is 12.4. The third-order valence-electron chi connectivity index (χ3n) is 5.56. The van der Waals surface area contributed by atoms with Crippen molar-refractivity contribution in [1.82, 2.24) is 10.2 Å². The van der Waals surface area contributed by atoms with Gasteiger partial charge in [-0.2, -0.15) is 0 Å². The van der Waals surface area contributed by atoms with Crippen molar-refractivity contribution in [3.8, 4) is 5.75 Å². The van der Waals surface area contributed by atoms with Gasteiger partial charge in [0.05, 0.1) is 11.0 Å². The fraction of sp³-hybridized carbons (Fsp3) is 0.600. The first-order valence-corrected chi connectivity index (χ1v) is 9.98. The second-order valence-corrected chi connectivity index (χ2v) is 7.54. The third kappa shape index (κ3) is 5.43. The van der Waals surface area contributed by atoms with Crippen LogP contribution in [0, 0.1) is 16.0 Å². The van der Waals surface area contributed by atoms with Crippen LogP contribution in [0.15, 0.2) is 24.3 Å². The number of carbonyl (C=O) groups excluding carboxylic acids is 2. The van der Waals surface area contributed by atoms with Gasteiger partial charge in [0.1, 0.15) is 5.75 Å². The number of carbonyl (C=O) groups is 2. The quantitative estimate of drug-likeness (QED) is 0.595. The predicted octanol–water partition coefficient (Wildman–Crippen LogP) is 2.66. The van der Waals surface area contributed by atoms with E-state index < -0.39 is 4.92 Å². The second kappa shape index (κ2) is 9.52. The highest BCUT2D eigenvalue weighted by Gasteiger charge is 2.27. The van der Waals surface area contributed by atoms with Crippen molar-refractivity contribution >= 4 is 17.5 Å². The molecule has 0 atom stereocenters. The standard InChI is InChI=1S/C20H27N3O5/c24-19(14-28-18-8-4-7-17(13-18)23(26)27)22-11-9-16(10-12-22)21-20(25)15-5-2-1-3-6-15/h4,7-8,13,15-16H,1-3,5-6,9-12,14H2,(H,21,25). The Bertz CT molecular complexity index is 710. The van der Waals surface area contributed by atoms with E-state index in [4.69, 9.17) is 4.74 Å². The molecule has 0 spiro atoms. The molecule has 3 rings (SSSR count). The third-order valence-corrected chi connectivity index (χ3v) is 5.56. The normalized spacial score (nSPS) is 18.5. The monoisotopic (exact) mass is 389 g/mol. The van der Waals surface area contributed by atoms with Gasteiger partial charge in [-0.25, -0.2) is 0 Å². The average Bonchev–Trinajstić information content (AvgIpc) is 2.73. The van der Waals surface area contributed by atoms with Crippen LogP contribution in [0.4, 0.5) is 5.69 Å². The van der Waals surface area contributed by atoms with E-state index in [2.05, 4.69) is 5.32 Å². The first-order valence-electron chi connectivity index (χ1n) is 9.98. The van der Waals surface area contributed by atoms with Crippen LogP contribution in [0.1, 0.15) is 44.9 Å². The predicted molar refractivity (Wildman–Crippen MR) is 103 cm³/mol. The molecule has 1 heterocycles. The van der Waals surface area contributed by atoms with Gasteiger partial charge in [-0.15, -0.1) is 0 Å². The summed E-state index contributed by atoms with van der Waals surface area (Å²) >= 11 is 0. The number of benzene rings is 1. The lowest BCUT2D eigenvalue weighted by atomic mass is 9.88. The summed E-state index contributed by atoms with van der Waals surface area (Å²) in [5, 5.41) is 13.9. The summed E-state index contributed by atoms with van der Waals surface area (Å²) in [7, 11) is 0. The van der Waals surface area contributed by atoms with Gasteiger partial charge in [0, 0.05) is 31.1 Å². The molecule has 0 bridgehead atoms. The molecule has 2 amide bonds. The van der Waals surface area contributed by atoms with Crippen molar-refractivity contribution in [3.63, 3.8) is 0 Å². The Morgan fingerprint density at radius 2 is 1.86 bits per heavy atom. The largest absolute Gasteiger partial charge is 0.484 e. The molecule has 1 aromatic rings. The average molecular weight is 389 g/mol. The zero-order chi connectivity index (χ0) is 19.9. The molecule has 0 radical (unpaired) electrons. The van der Waals surface area contributed by atoms with Gasteiger partial charge in [0.2, 0.25) is 5.91 Å². The molecular formula is C20H27N3O5. The number of ether oxygens (including phenoxy) is 1. The van der Waals surface area contributed by atoms with Crippen LogP contribution < -0.4 is 10.1 Å². The lowest BCUT2D eigenvalue weighted by molar-refractivity contribution is -0.384. The number of nitro benzene ring substituents is 1. The molecule has 1 aromatic carbocycles. The Labute approximate surface area is 164 Å². The van der Waals surface area contributed by atoms with Crippen molar-refractivity contribution in [2.75, 3.05) is 19.7 Å². The molecule has 1 saturated carbocycles. The van der Waals surface area contributed by atoms with Crippen LogP contribution in [0.2, 0.25) is 0 Å². The Kier molecular flexibility index (Phi) is 6.84. The van der Waals surface area contributed by atoms with Gasteiger partial charge >= 0.3 is 0 Å². The maximum Gasteiger partial charge on any atom is 0.273 e. The first-order chi connectivity index (χ1) is 13.5. The molecular weight excluding hydrogens is 362 g/mol. The second-order valence-electron chi connectivity index (χ2n) is 7.54. The van der Waals surface area contributed by atoms with Crippen LogP contribution in [0.25, 0.3) is 0 Å². The van der Waals surface area contributed by atoms with E-state index >= 15 is 0 Å². The van der Waals surface area contributed by atoms with E-state index in [1.807, 2.05) is 0 Å². The number of non-ortho nitro benzene ring substituents is 1. The zero-order valence-corrected chi connectivity index (χ0v) is 16.0. The first kappa shape index (κ1) is 20.1. The molecule has 2 fully saturated rings. The molecule has 1 N–H and O–H groups in total. The summed E-state index contributed by atoms with van der Waals surface area (Å²) in [6.07, 6.45) is 6.94. The highest BCUT2D eigenvalue weighted by Crippen LogP contribution is 2.24. The van der Waals surface area contributed by atoms with Gasteiger partial charge < -0.3 is 15.0 Å². The fourth-order valence-corrected chi connectivity index (χ4v) is 3.88. The lowest BCUT2D eigenvalue weighted by Crippen LogP contribution is -2.48. The van der Waals surface area contributed by atoms with Gasteiger partial charge in [0.15, 0.2) is 6.61 Å². The highest BCUT2D eigenvalue weighted by atomic mass is 16.6. The summed E-state index contributed by atoms with van der Waals surface area (Å²) in [4.78, 5) is 36.7. The number of likely N-dealkylation sites (tertiary alicyclic amines) is 1. The van der Waals surface area contributed by atoms with Crippen LogP contribution in [0.5, 0.6) is 5.75 Å². The van der Waals surface area contributed by atoms with E-state index in [0.717, 1.165) is 38.5 Å². The minimum atomic E-state index is -0.499. The summed E-state index contributed by atoms with van der Waals surface area (Å²) in [6, 6.07) is 5.92. The lowest BCUT2D eigenvalue weighted by Gasteiger charge is -2.33. The molecule has 1 aliphatic heterocycles. The number of nitro groups is 1. The molecule has 8 heteroatoms. The van der Waals surface area contributed by atoms with E-state index in [1.54, 1.807) is 11.0 Å². The number of hydrogen-bond acceptors (Lipinski definition) is 5. The van der Waals surface area contributed by atoms with Crippen LogP contribution in [-0.4, -0.2) is 47.4 Å². The highest BCUT2D eigenvalue weighted by molar-refractivity contribution is 5.79. The van der Waals surface area contributed by atoms with Crippen molar-refractivity contribution in [1.29, 1.82) is 0 Å². The minimum Gasteiger partial charge on any atom is -0.484 e. The van der Waals surface area contributed by atoms with Crippen LogP contribution >= 0.6 is 0 Å².